The van der Waals surface area contributed by atoms with E-state index in [-0.39, 0.29) is 11.7 Å². The van der Waals surface area contributed by atoms with Gasteiger partial charge in [-0.15, -0.1) is 11.3 Å². The van der Waals surface area contributed by atoms with Crippen LogP contribution in [0.1, 0.15) is 44.6 Å². The van der Waals surface area contributed by atoms with Gasteiger partial charge in [-0.05, 0) is 66.3 Å². The molecule has 3 aromatic rings. The molecule has 0 bridgehead atoms. The third-order valence-corrected chi connectivity index (χ3v) is 6.57. The Labute approximate surface area is 186 Å². The largest absolute Gasteiger partial charge is 0.343 e. The smallest absolute Gasteiger partial charge is 0.222 e. The van der Waals surface area contributed by atoms with Crippen LogP contribution in [0.4, 0.5) is 10.1 Å². The first-order valence-electron chi connectivity index (χ1n) is 10.9. The van der Waals surface area contributed by atoms with Crippen LogP contribution in [-0.2, 0) is 11.3 Å². The van der Waals surface area contributed by atoms with E-state index in [1.807, 2.05) is 4.90 Å². The zero-order valence-electron chi connectivity index (χ0n) is 18.1. The maximum absolute atomic E-state index is 13.4. The Morgan fingerprint density at radius 1 is 1.06 bits per heavy atom. The lowest BCUT2D eigenvalue weighted by Gasteiger charge is -2.16. The van der Waals surface area contributed by atoms with E-state index >= 15 is 0 Å². The summed E-state index contributed by atoms with van der Waals surface area (Å²) in [5.41, 5.74) is 4.20. The van der Waals surface area contributed by atoms with Gasteiger partial charge in [0.15, 0.2) is 4.80 Å². The lowest BCUT2D eigenvalue weighted by atomic mass is 10.0. The van der Waals surface area contributed by atoms with E-state index < -0.39 is 0 Å². The van der Waals surface area contributed by atoms with E-state index in [2.05, 4.69) is 48.1 Å². The third kappa shape index (κ3) is 5.13. The van der Waals surface area contributed by atoms with Gasteiger partial charge in [-0.25, -0.2) is 9.38 Å². The number of aromatic nitrogens is 1. The molecule has 0 spiro atoms. The van der Waals surface area contributed by atoms with Crippen LogP contribution in [0, 0.1) is 5.82 Å². The molecule has 0 aliphatic carbocycles. The highest BCUT2D eigenvalue weighted by molar-refractivity contribution is 7.07. The number of hydrogen-bond acceptors (Lipinski definition) is 3. The monoisotopic (exact) mass is 437 g/mol. The molecule has 0 N–H and O–H groups in total. The number of nitrogens with zero attached hydrogens (tertiary/aromatic N) is 3. The summed E-state index contributed by atoms with van der Waals surface area (Å²) in [5.74, 6) is 0.497. The number of carbonyl (C=O) groups excluding carboxylic acids is 1. The normalized spacial score (nSPS) is 14.8. The predicted octanol–water partition coefficient (Wildman–Crippen LogP) is 5.72. The lowest BCUT2D eigenvalue weighted by molar-refractivity contribution is -0.127. The number of amides is 1. The van der Waals surface area contributed by atoms with Crippen LogP contribution in [0.2, 0.25) is 0 Å². The molecule has 31 heavy (non-hydrogen) atoms. The van der Waals surface area contributed by atoms with Gasteiger partial charge in [-0.1, -0.05) is 26.0 Å². The van der Waals surface area contributed by atoms with Crippen LogP contribution in [0.15, 0.2) is 58.9 Å². The fraction of sp³-hybridized carbons (Fsp3) is 0.360. The molecule has 1 aliphatic rings. The number of benzene rings is 2. The molecule has 4 nitrogen and oxygen atoms in total. The van der Waals surface area contributed by atoms with Crippen molar-refractivity contribution < 1.29 is 9.18 Å². The van der Waals surface area contributed by atoms with Crippen LogP contribution in [-0.4, -0.2) is 28.5 Å². The first-order chi connectivity index (χ1) is 15.0. The second-order valence-corrected chi connectivity index (χ2v) is 9.09. The molecule has 2 heterocycles. The van der Waals surface area contributed by atoms with Gasteiger partial charge in [-0.3, -0.25) is 4.79 Å². The predicted molar refractivity (Wildman–Crippen MR) is 124 cm³/mol. The van der Waals surface area contributed by atoms with Crippen molar-refractivity contribution in [3.63, 3.8) is 0 Å². The first kappa shape index (κ1) is 21.5. The van der Waals surface area contributed by atoms with Gasteiger partial charge >= 0.3 is 0 Å². The molecular weight excluding hydrogens is 409 g/mol. The molecular formula is C25H28FN3OS. The number of halogens is 1. The highest BCUT2D eigenvalue weighted by Crippen LogP contribution is 2.23. The van der Waals surface area contributed by atoms with Gasteiger partial charge in [0.25, 0.3) is 0 Å². The Bertz CT molecular complexity index is 1100. The average Bonchev–Trinajstić information content (AvgIpc) is 3.35. The summed E-state index contributed by atoms with van der Waals surface area (Å²) in [6.45, 7) is 6.73. The Morgan fingerprint density at radius 3 is 2.45 bits per heavy atom. The highest BCUT2D eigenvalue weighted by Gasteiger charge is 2.19. The second-order valence-electron chi connectivity index (χ2n) is 8.26. The number of likely N-dealkylation sites (tertiary alicyclic amines) is 1. The molecule has 0 saturated carbocycles. The van der Waals surface area contributed by atoms with Crippen molar-refractivity contribution in [2.45, 2.75) is 45.6 Å². The molecule has 1 aromatic heterocycles. The minimum Gasteiger partial charge on any atom is -0.343 e. The molecule has 2 aromatic carbocycles. The number of hydrogen-bond donors (Lipinski definition) is 0. The topological polar surface area (TPSA) is 37.6 Å². The maximum atomic E-state index is 13.4. The van der Waals surface area contributed by atoms with Crippen molar-refractivity contribution in [3.8, 4) is 11.3 Å². The van der Waals surface area contributed by atoms with Crippen LogP contribution < -0.4 is 4.80 Å². The van der Waals surface area contributed by atoms with E-state index in [0.29, 0.717) is 12.3 Å². The molecule has 1 saturated heterocycles. The van der Waals surface area contributed by atoms with E-state index in [4.69, 9.17) is 4.99 Å². The van der Waals surface area contributed by atoms with Gasteiger partial charge in [0, 0.05) is 31.4 Å². The fourth-order valence-electron chi connectivity index (χ4n) is 3.89. The minimum absolute atomic E-state index is 0.242. The Morgan fingerprint density at radius 2 is 1.81 bits per heavy atom. The highest BCUT2D eigenvalue weighted by atomic mass is 32.1. The van der Waals surface area contributed by atoms with Gasteiger partial charge in [-0.2, -0.15) is 0 Å². The van der Waals surface area contributed by atoms with Gasteiger partial charge in [0.1, 0.15) is 5.82 Å². The second kappa shape index (κ2) is 9.60. The van der Waals surface area contributed by atoms with Crippen LogP contribution in [0.25, 0.3) is 11.3 Å². The van der Waals surface area contributed by atoms with Gasteiger partial charge in [0.2, 0.25) is 5.91 Å². The van der Waals surface area contributed by atoms with Crippen LogP contribution in [0.3, 0.4) is 0 Å². The summed E-state index contributed by atoms with van der Waals surface area (Å²) >= 11 is 1.59. The Hall–Kier alpha value is -2.73. The van der Waals surface area contributed by atoms with Crippen LogP contribution >= 0.6 is 11.3 Å². The van der Waals surface area contributed by atoms with Crippen molar-refractivity contribution >= 4 is 22.9 Å². The summed E-state index contributed by atoms with van der Waals surface area (Å²) in [5, 5.41) is 2.08. The van der Waals surface area contributed by atoms with Crippen molar-refractivity contribution in [1.82, 2.24) is 9.47 Å². The van der Waals surface area contributed by atoms with E-state index in [1.54, 1.807) is 23.5 Å². The third-order valence-electron chi connectivity index (χ3n) is 5.70. The Balaban J connectivity index is 1.63. The van der Waals surface area contributed by atoms with Crippen molar-refractivity contribution in [2.24, 2.45) is 4.99 Å². The maximum Gasteiger partial charge on any atom is 0.222 e. The number of thiazole rings is 1. The first-order valence-corrected chi connectivity index (χ1v) is 11.8. The molecule has 1 amide bonds. The zero-order chi connectivity index (χ0) is 21.8. The molecule has 0 radical (unpaired) electrons. The molecule has 4 rings (SSSR count). The molecule has 6 heteroatoms. The molecule has 1 aliphatic heterocycles. The number of carbonyl (C=O) groups is 1. The van der Waals surface area contributed by atoms with Crippen LogP contribution in [0.5, 0.6) is 0 Å². The summed E-state index contributed by atoms with van der Waals surface area (Å²) in [6, 6.07) is 14.9. The van der Waals surface area contributed by atoms with E-state index in [1.165, 1.54) is 17.7 Å². The SMILES string of the molecule is CC(C)c1ccc(N=c2scc(-c3ccc(F)cc3)n2CCCN2CCCC2=O)cc1. The van der Waals surface area contributed by atoms with E-state index in [0.717, 1.165) is 54.2 Å². The van der Waals surface area contributed by atoms with Crippen molar-refractivity contribution in [3.05, 3.63) is 70.1 Å². The summed E-state index contributed by atoms with van der Waals surface area (Å²) < 4.78 is 15.6. The molecule has 0 unspecified atom stereocenters. The quantitative estimate of drug-likeness (QED) is 0.465. The van der Waals surface area contributed by atoms with Gasteiger partial charge in [0.05, 0.1) is 11.4 Å². The Kier molecular flexibility index (Phi) is 6.66. The summed E-state index contributed by atoms with van der Waals surface area (Å²) in [6.07, 6.45) is 2.48. The number of rotatable bonds is 7. The minimum atomic E-state index is -0.242. The van der Waals surface area contributed by atoms with Crippen molar-refractivity contribution in [2.75, 3.05) is 13.1 Å². The van der Waals surface area contributed by atoms with Gasteiger partial charge < -0.3 is 9.47 Å². The van der Waals surface area contributed by atoms with Crippen molar-refractivity contribution in [1.29, 1.82) is 0 Å². The molecule has 1 fully saturated rings. The standard InChI is InChI=1S/C25H28FN3OS/c1-18(2)19-8-12-22(13-9-19)27-25-29(16-4-15-28-14-3-5-24(28)30)23(17-31-25)20-6-10-21(26)11-7-20/h6-13,17-18H,3-5,14-16H2,1-2H3. The lowest BCUT2D eigenvalue weighted by Crippen LogP contribution is -2.27. The van der Waals surface area contributed by atoms with E-state index in [9.17, 15) is 9.18 Å². The summed E-state index contributed by atoms with van der Waals surface area (Å²) in [7, 11) is 0. The molecule has 162 valence electrons. The summed E-state index contributed by atoms with van der Waals surface area (Å²) in [4.78, 5) is 19.7. The molecule has 0 atom stereocenters. The zero-order valence-corrected chi connectivity index (χ0v) is 18.9. The average molecular weight is 438 g/mol. The fourth-order valence-corrected chi connectivity index (χ4v) is 4.85.